The van der Waals surface area contributed by atoms with Gasteiger partial charge in [-0.2, -0.15) is 0 Å². The molecular weight excluding hydrogens is 368 g/mol. The lowest BCUT2D eigenvalue weighted by Crippen LogP contribution is -2.21. The van der Waals surface area contributed by atoms with Gasteiger partial charge in [-0.1, -0.05) is 54.1 Å². The fourth-order valence-electron chi connectivity index (χ4n) is 4.72. The molecule has 0 aliphatic heterocycles. The quantitative estimate of drug-likeness (QED) is 0.455. The smallest absolute Gasteiger partial charge is 0.0995 e. The molecule has 1 aliphatic carbocycles. The number of imidazole rings is 1. The van der Waals surface area contributed by atoms with E-state index in [0.29, 0.717) is 10.9 Å². The Morgan fingerprint density at radius 2 is 1.75 bits per heavy atom. The van der Waals surface area contributed by atoms with Crippen LogP contribution in [-0.2, 0) is 0 Å². The minimum Gasteiger partial charge on any atom is -0.387 e. The fraction of sp³-hybridized carbons (Fsp3) is 0.292. The molecule has 1 saturated carbocycles. The highest BCUT2D eigenvalue weighted by molar-refractivity contribution is 6.31. The molecule has 1 fully saturated rings. The van der Waals surface area contributed by atoms with Crippen LogP contribution in [0.15, 0.2) is 67.1 Å². The number of rotatable bonds is 3. The Bertz CT molecular complexity index is 1130. The van der Waals surface area contributed by atoms with Crippen LogP contribution in [0.2, 0.25) is 5.02 Å². The van der Waals surface area contributed by atoms with Crippen molar-refractivity contribution in [3.8, 4) is 0 Å². The van der Waals surface area contributed by atoms with E-state index in [0.717, 1.165) is 36.9 Å². The number of benzene rings is 2. The molecule has 28 heavy (non-hydrogen) atoms. The van der Waals surface area contributed by atoms with Crippen LogP contribution in [-0.4, -0.2) is 14.5 Å². The third kappa shape index (κ3) is 3.19. The predicted octanol–water partition coefficient (Wildman–Crippen LogP) is 6.15. The summed E-state index contributed by atoms with van der Waals surface area (Å²) in [6.07, 6.45) is 7.25. The van der Waals surface area contributed by atoms with Gasteiger partial charge in [-0.05, 0) is 66.0 Å². The average molecular weight is 391 g/mol. The first-order valence-corrected chi connectivity index (χ1v) is 10.3. The monoisotopic (exact) mass is 390 g/mol. The number of halogens is 1. The first-order chi connectivity index (χ1) is 13.7. The zero-order valence-corrected chi connectivity index (χ0v) is 16.4. The second kappa shape index (κ2) is 7.23. The lowest BCUT2D eigenvalue weighted by Gasteiger charge is -2.32. The first kappa shape index (κ1) is 17.7. The van der Waals surface area contributed by atoms with Crippen molar-refractivity contribution in [3.63, 3.8) is 0 Å². The summed E-state index contributed by atoms with van der Waals surface area (Å²) < 4.78 is 1.95. The number of nitrogens with zero attached hydrogens (tertiary/aromatic N) is 2. The van der Waals surface area contributed by atoms with Crippen LogP contribution in [0.1, 0.15) is 49.0 Å². The van der Waals surface area contributed by atoms with Crippen molar-refractivity contribution in [2.75, 3.05) is 0 Å². The summed E-state index contributed by atoms with van der Waals surface area (Å²) in [6, 6.07) is 19.1. The van der Waals surface area contributed by atoms with Gasteiger partial charge in [0.2, 0.25) is 0 Å². The number of fused-ring (bicyclic) bond motifs is 2. The molecule has 0 unspecified atom stereocenters. The van der Waals surface area contributed by atoms with E-state index in [4.69, 9.17) is 11.6 Å². The molecule has 0 amide bonds. The molecule has 2 aromatic heterocycles. The van der Waals surface area contributed by atoms with Gasteiger partial charge in [0.1, 0.15) is 0 Å². The van der Waals surface area contributed by atoms with Crippen LogP contribution in [0.5, 0.6) is 0 Å². The van der Waals surface area contributed by atoms with Gasteiger partial charge >= 0.3 is 0 Å². The minimum atomic E-state index is -0.520. The van der Waals surface area contributed by atoms with Gasteiger partial charge in [-0.3, -0.25) is 0 Å². The molecule has 5 rings (SSSR count). The van der Waals surface area contributed by atoms with Crippen LogP contribution in [0.4, 0.5) is 0 Å². The van der Waals surface area contributed by atoms with Crippen LogP contribution in [0, 0.1) is 5.92 Å². The number of aliphatic hydroxyl groups excluding tert-OH is 1. The van der Waals surface area contributed by atoms with E-state index in [1.54, 1.807) is 12.5 Å². The van der Waals surface area contributed by atoms with Crippen LogP contribution >= 0.6 is 11.6 Å². The summed E-state index contributed by atoms with van der Waals surface area (Å²) in [4.78, 5) is 4.20. The van der Waals surface area contributed by atoms with E-state index in [1.807, 2.05) is 16.5 Å². The molecular formula is C24H23ClN2O. The topological polar surface area (TPSA) is 37.5 Å². The maximum absolute atomic E-state index is 11.1. The van der Waals surface area contributed by atoms with Crippen molar-refractivity contribution in [2.45, 2.75) is 37.7 Å². The van der Waals surface area contributed by atoms with E-state index in [2.05, 4.69) is 47.4 Å². The third-order valence-electron chi connectivity index (χ3n) is 6.28. The van der Waals surface area contributed by atoms with E-state index >= 15 is 0 Å². The number of aliphatic hydroxyl groups is 1. The highest BCUT2D eigenvalue weighted by Crippen LogP contribution is 2.41. The Kier molecular flexibility index (Phi) is 4.58. The van der Waals surface area contributed by atoms with Gasteiger partial charge in [0.25, 0.3) is 0 Å². The lowest BCUT2D eigenvalue weighted by molar-refractivity contribution is 0.0763. The Morgan fingerprint density at radius 3 is 2.57 bits per heavy atom. The van der Waals surface area contributed by atoms with Gasteiger partial charge in [0.05, 0.1) is 29.8 Å². The summed E-state index contributed by atoms with van der Waals surface area (Å²) in [5, 5.41) is 14.3. The highest BCUT2D eigenvalue weighted by Gasteiger charge is 2.29. The molecule has 2 aromatic carbocycles. The first-order valence-electron chi connectivity index (χ1n) is 9.97. The number of pyridine rings is 1. The maximum atomic E-state index is 11.1. The van der Waals surface area contributed by atoms with Crippen LogP contribution in [0.3, 0.4) is 0 Å². The zero-order chi connectivity index (χ0) is 19.1. The SMILES string of the molecule is O[C@H](c1cc(Cl)cc2cncn12)[C@H]1CC[C@H](c2ccc3ccccc3c2)CC1. The summed E-state index contributed by atoms with van der Waals surface area (Å²) >= 11 is 6.26. The molecule has 0 spiro atoms. The average Bonchev–Trinajstić information content (AvgIpc) is 3.21. The molecule has 0 saturated heterocycles. The van der Waals surface area contributed by atoms with Crippen molar-refractivity contribution in [1.82, 2.24) is 9.38 Å². The summed E-state index contributed by atoms with van der Waals surface area (Å²) in [5.74, 6) is 0.821. The number of hydrogen-bond acceptors (Lipinski definition) is 2. The summed E-state index contributed by atoms with van der Waals surface area (Å²) in [7, 11) is 0. The summed E-state index contributed by atoms with van der Waals surface area (Å²) in [6.45, 7) is 0. The molecule has 0 bridgehead atoms. The number of aromatic nitrogens is 2. The van der Waals surface area contributed by atoms with E-state index in [9.17, 15) is 5.11 Å². The number of hydrogen-bond donors (Lipinski definition) is 1. The normalized spacial score (nSPS) is 21.2. The molecule has 0 radical (unpaired) electrons. The van der Waals surface area contributed by atoms with Crippen molar-refractivity contribution in [3.05, 3.63) is 83.4 Å². The Hall–Kier alpha value is -2.36. The molecule has 142 valence electrons. The molecule has 4 heteroatoms. The van der Waals surface area contributed by atoms with Gasteiger partial charge in [0, 0.05) is 5.02 Å². The van der Waals surface area contributed by atoms with E-state index in [-0.39, 0.29) is 5.92 Å². The standard InChI is InChI=1S/C24H23ClN2O/c25-21-12-22-14-26-15-27(22)23(13-21)24(28)18-8-5-17(6-9-18)20-10-7-16-3-1-2-4-19(16)11-20/h1-4,7,10-15,17-18,24,28H,5-6,8-9H2/t17-,18-,24-/m0/s1. The van der Waals surface area contributed by atoms with E-state index in [1.165, 1.54) is 16.3 Å². The second-order valence-electron chi connectivity index (χ2n) is 7.95. The largest absolute Gasteiger partial charge is 0.387 e. The Balaban J connectivity index is 1.34. The Labute approximate surface area is 169 Å². The van der Waals surface area contributed by atoms with Crippen molar-refractivity contribution in [2.24, 2.45) is 5.92 Å². The minimum absolute atomic E-state index is 0.251. The third-order valence-corrected chi connectivity index (χ3v) is 6.50. The molecule has 4 aromatic rings. The predicted molar refractivity (Wildman–Crippen MR) is 114 cm³/mol. The van der Waals surface area contributed by atoms with Crippen LogP contribution in [0.25, 0.3) is 16.3 Å². The van der Waals surface area contributed by atoms with Crippen molar-refractivity contribution in [1.29, 1.82) is 0 Å². The van der Waals surface area contributed by atoms with Crippen molar-refractivity contribution >= 4 is 27.9 Å². The van der Waals surface area contributed by atoms with Crippen molar-refractivity contribution < 1.29 is 5.11 Å². The molecule has 2 heterocycles. The van der Waals surface area contributed by atoms with Gasteiger partial charge in [-0.25, -0.2) is 4.98 Å². The molecule has 1 N–H and O–H groups in total. The van der Waals surface area contributed by atoms with Crippen LogP contribution < -0.4 is 0 Å². The second-order valence-corrected chi connectivity index (χ2v) is 8.39. The van der Waals surface area contributed by atoms with E-state index < -0.39 is 6.10 Å². The lowest BCUT2D eigenvalue weighted by atomic mass is 9.76. The molecule has 1 aliphatic rings. The van der Waals surface area contributed by atoms with Gasteiger partial charge in [0.15, 0.2) is 0 Å². The Morgan fingerprint density at radius 1 is 0.964 bits per heavy atom. The maximum Gasteiger partial charge on any atom is 0.0995 e. The molecule has 1 atom stereocenters. The van der Waals surface area contributed by atoms with Gasteiger partial charge in [-0.15, -0.1) is 0 Å². The fourth-order valence-corrected chi connectivity index (χ4v) is 4.94. The highest BCUT2D eigenvalue weighted by atomic mass is 35.5. The summed E-state index contributed by atoms with van der Waals surface area (Å²) in [5.41, 5.74) is 3.19. The van der Waals surface area contributed by atoms with Gasteiger partial charge < -0.3 is 9.51 Å². The molecule has 3 nitrogen and oxygen atoms in total. The zero-order valence-electron chi connectivity index (χ0n) is 15.6.